The van der Waals surface area contributed by atoms with Crippen molar-refractivity contribution in [3.05, 3.63) is 29.3 Å². The van der Waals surface area contributed by atoms with E-state index in [-0.39, 0.29) is 11.3 Å². The number of amides is 3. The molecule has 0 heterocycles. The van der Waals surface area contributed by atoms with Crippen LogP contribution < -0.4 is 10.0 Å². The molecule has 0 unspecified atom stereocenters. The number of sulfonamides is 1. The maximum absolute atomic E-state index is 11.8. The van der Waals surface area contributed by atoms with Crippen molar-refractivity contribution in [3.63, 3.8) is 0 Å². The summed E-state index contributed by atoms with van der Waals surface area (Å²) >= 11 is 5.63. The average Bonchev–Trinajstić information content (AvgIpc) is 2.28. The largest absolute Gasteiger partial charge is 0.335 e. The second-order valence-electron chi connectivity index (χ2n) is 3.69. The number of carbonyl (C=O) groups excluding carboxylic acids is 2. The van der Waals surface area contributed by atoms with E-state index in [4.69, 9.17) is 11.6 Å². The van der Waals surface area contributed by atoms with Gasteiger partial charge >= 0.3 is 6.03 Å². The Labute approximate surface area is 116 Å². The normalized spacial score (nSPS) is 10.8. The van der Waals surface area contributed by atoms with Gasteiger partial charge in [0.05, 0.1) is 4.90 Å². The summed E-state index contributed by atoms with van der Waals surface area (Å²) < 4.78 is 25.3. The number of imide groups is 1. The van der Waals surface area contributed by atoms with Gasteiger partial charge in [0.1, 0.15) is 0 Å². The van der Waals surface area contributed by atoms with Gasteiger partial charge < -0.3 is 0 Å². The maximum Gasteiger partial charge on any atom is 0.335 e. The summed E-state index contributed by atoms with van der Waals surface area (Å²) in [5, 5.41) is 2.30. The van der Waals surface area contributed by atoms with Gasteiger partial charge in [-0.05, 0) is 30.7 Å². The molecule has 1 rings (SSSR count). The summed E-state index contributed by atoms with van der Waals surface area (Å²) in [6.45, 7) is 1.77. The minimum Gasteiger partial charge on any atom is -0.277 e. The Morgan fingerprint density at radius 2 is 1.79 bits per heavy atom. The lowest BCUT2D eigenvalue weighted by Crippen LogP contribution is -2.42. The molecule has 104 valence electrons. The molecule has 0 bridgehead atoms. The van der Waals surface area contributed by atoms with Crippen LogP contribution in [-0.2, 0) is 14.8 Å². The van der Waals surface area contributed by atoms with Gasteiger partial charge in [0.2, 0.25) is 5.91 Å². The molecule has 0 radical (unpaired) electrons. The van der Waals surface area contributed by atoms with Crippen LogP contribution in [0.4, 0.5) is 4.79 Å². The lowest BCUT2D eigenvalue weighted by Gasteiger charge is -2.07. The molecule has 0 saturated carbocycles. The van der Waals surface area contributed by atoms with Crippen molar-refractivity contribution in [1.29, 1.82) is 0 Å². The van der Waals surface area contributed by atoms with Gasteiger partial charge in [0.25, 0.3) is 10.0 Å². The standard InChI is InChI=1S/C11H13ClN2O4S/c1-2-3-10(15)13-11(16)14-19(17,18)9-6-4-8(12)5-7-9/h4-7H,2-3H2,1H3,(H2,13,14,15,16). The molecule has 2 N–H and O–H groups in total. The highest BCUT2D eigenvalue weighted by molar-refractivity contribution is 7.90. The van der Waals surface area contributed by atoms with E-state index in [1.807, 2.05) is 5.32 Å². The smallest absolute Gasteiger partial charge is 0.277 e. The fourth-order valence-electron chi connectivity index (χ4n) is 1.24. The zero-order valence-electron chi connectivity index (χ0n) is 10.1. The van der Waals surface area contributed by atoms with Gasteiger partial charge in [-0.1, -0.05) is 18.5 Å². The Morgan fingerprint density at radius 1 is 1.21 bits per heavy atom. The van der Waals surface area contributed by atoms with E-state index in [1.54, 1.807) is 11.6 Å². The van der Waals surface area contributed by atoms with E-state index in [0.717, 1.165) is 0 Å². The van der Waals surface area contributed by atoms with E-state index in [9.17, 15) is 18.0 Å². The van der Waals surface area contributed by atoms with E-state index in [0.29, 0.717) is 11.4 Å². The summed E-state index contributed by atoms with van der Waals surface area (Å²) in [6, 6.07) is 4.21. The van der Waals surface area contributed by atoms with Crippen LogP contribution in [0.25, 0.3) is 0 Å². The predicted octanol–water partition coefficient (Wildman–Crippen LogP) is 1.65. The van der Waals surface area contributed by atoms with Crippen LogP contribution in [0.2, 0.25) is 5.02 Å². The molecule has 0 aromatic heterocycles. The summed E-state index contributed by atoms with van der Waals surface area (Å²) in [6.07, 6.45) is 0.706. The van der Waals surface area contributed by atoms with Crippen molar-refractivity contribution >= 4 is 33.6 Å². The fourth-order valence-corrected chi connectivity index (χ4v) is 2.27. The third kappa shape index (κ3) is 4.88. The molecule has 6 nitrogen and oxygen atoms in total. The van der Waals surface area contributed by atoms with Crippen molar-refractivity contribution in [2.75, 3.05) is 0 Å². The third-order valence-electron chi connectivity index (χ3n) is 2.08. The quantitative estimate of drug-likeness (QED) is 0.884. The number of urea groups is 1. The Hall–Kier alpha value is -1.60. The van der Waals surface area contributed by atoms with E-state index < -0.39 is 22.0 Å². The highest BCUT2D eigenvalue weighted by Gasteiger charge is 2.18. The van der Waals surface area contributed by atoms with Crippen LogP contribution in [0.1, 0.15) is 19.8 Å². The van der Waals surface area contributed by atoms with Gasteiger partial charge in [-0.15, -0.1) is 0 Å². The molecule has 0 atom stereocenters. The number of benzene rings is 1. The topological polar surface area (TPSA) is 92.3 Å². The number of rotatable bonds is 4. The van der Waals surface area contributed by atoms with Crippen molar-refractivity contribution in [1.82, 2.24) is 10.0 Å². The molecule has 8 heteroatoms. The minimum atomic E-state index is -4.01. The van der Waals surface area contributed by atoms with Crippen LogP contribution in [0, 0.1) is 0 Å². The molecule has 0 aliphatic carbocycles. The van der Waals surface area contributed by atoms with Gasteiger partial charge in [-0.2, -0.15) is 0 Å². The van der Waals surface area contributed by atoms with Crippen molar-refractivity contribution in [2.45, 2.75) is 24.7 Å². The first-order valence-electron chi connectivity index (χ1n) is 5.47. The molecule has 0 aliphatic heterocycles. The Kier molecular flexibility index (Phi) is 5.31. The van der Waals surface area contributed by atoms with Crippen LogP contribution in [0.3, 0.4) is 0 Å². The molecule has 1 aromatic carbocycles. The number of halogens is 1. The summed E-state index contributed by atoms with van der Waals surface area (Å²) in [7, 11) is -4.01. The Balaban J connectivity index is 2.72. The van der Waals surface area contributed by atoms with E-state index in [2.05, 4.69) is 0 Å². The number of hydrogen-bond acceptors (Lipinski definition) is 4. The van der Waals surface area contributed by atoms with Crippen molar-refractivity contribution in [2.24, 2.45) is 0 Å². The summed E-state index contributed by atoms with van der Waals surface area (Å²) in [5.41, 5.74) is 0. The van der Waals surface area contributed by atoms with Crippen LogP contribution in [0.15, 0.2) is 29.2 Å². The fraction of sp³-hybridized carbons (Fsp3) is 0.273. The van der Waals surface area contributed by atoms with E-state index >= 15 is 0 Å². The van der Waals surface area contributed by atoms with Crippen molar-refractivity contribution in [3.8, 4) is 0 Å². The molecule has 0 aliphatic rings. The molecular weight excluding hydrogens is 292 g/mol. The lowest BCUT2D eigenvalue weighted by molar-refractivity contribution is -0.120. The second-order valence-corrected chi connectivity index (χ2v) is 5.81. The summed E-state index contributed by atoms with van der Waals surface area (Å²) in [4.78, 5) is 22.4. The maximum atomic E-state index is 11.8. The Bertz CT molecular complexity index is 569. The van der Waals surface area contributed by atoms with Crippen LogP contribution in [-0.4, -0.2) is 20.4 Å². The van der Waals surface area contributed by atoms with Gasteiger partial charge in [0, 0.05) is 11.4 Å². The van der Waals surface area contributed by atoms with Crippen LogP contribution in [0.5, 0.6) is 0 Å². The third-order valence-corrected chi connectivity index (χ3v) is 3.68. The van der Waals surface area contributed by atoms with E-state index in [1.165, 1.54) is 24.3 Å². The highest BCUT2D eigenvalue weighted by atomic mass is 35.5. The zero-order valence-corrected chi connectivity index (χ0v) is 11.7. The Morgan fingerprint density at radius 3 is 2.32 bits per heavy atom. The van der Waals surface area contributed by atoms with Crippen molar-refractivity contribution < 1.29 is 18.0 Å². The number of hydrogen-bond donors (Lipinski definition) is 2. The second kappa shape index (κ2) is 6.53. The molecule has 0 saturated heterocycles. The summed E-state index contributed by atoms with van der Waals surface area (Å²) in [5.74, 6) is -0.536. The first-order valence-corrected chi connectivity index (χ1v) is 7.33. The minimum absolute atomic E-state index is 0.116. The first kappa shape index (κ1) is 15.5. The molecule has 3 amide bonds. The highest BCUT2D eigenvalue weighted by Crippen LogP contribution is 2.13. The number of carbonyl (C=O) groups is 2. The van der Waals surface area contributed by atoms with Gasteiger partial charge in [-0.3, -0.25) is 10.1 Å². The molecule has 19 heavy (non-hydrogen) atoms. The lowest BCUT2D eigenvalue weighted by atomic mass is 10.3. The first-order chi connectivity index (χ1) is 8.85. The zero-order chi connectivity index (χ0) is 14.5. The van der Waals surface area contributed by atoms with Crippen LogP contribution >= 0.6 is 11.6 Å². The molecular formula is C11H13ClN2O4S. The molecule has 0 fully saturated rings. The van der Waals surface area contributed by atoms with Gasteiger partial charge in [0.15, 0.2) is 0 Å². The monoisotopic (exact) mass is 304 g/mol. The number of nitrogens with one attached hydrogen (secondary N) is 2. The van der Waals surface area contributed by atoms with Gasteiger partial charge in [-0.25, -0.2) is 17.9 Å². The molecule has 1 aromatic rings. The SMILES string of the molecule is CCCC(=O)NC(=O)NS(=O)(=O)c1ccc(Cl)cc1. The molecule has 0 spiro atoms. The predicted molar refractivity (Wildman–Crippen MR) is 70.2 cm³/mol. The average molecular weight is 305 g/mol.